The molecule has 3 aromatic rings. The van der Waals surface area contributed by atoms with Gasteiger partial charge in [-0.15, -0.1) is 17.9 Å². The summed E-state index contributed by atoms with van der Waals surface area (Å²) in [6, 6.07) is 14.7. The van der Waals surface area contributed by atoms with Crippen LogP contribution in [0.4, 0.5) is 10.8 Å². The lowest BCUT2D eigenvalue weighted by atomic mass is 10.2. The number of rotatable bonds is 7. The van der Waals surface area contributed by atoms with E-state index in [9.17, 15) is 13.2 Å². The normalized spacial score (nSPS) is 11.0. The molecule has 138 valence electrons. The molecular weight excluding hydrogens is 382 g/mol. The van der Waals surface area contributed by atoms with Gasteiger partial charge in [0, 0.05) is 17.1 Å². The molecule has 0 fully saturated rings. The van der Waals surface area contributed by atoms with E-state index in [0.29, 0.717) is 10.8 Å². The summed E-state index contributed by atoms with van der Waals surface area (Å²) in [5, 5.41) is 4.84. The second-order valence-electron chi connectivity index (χ2n) is 5.48. The summed E-state index contributed by atoms with van der Waals surface area (Å²) in [7, 11) is -3.87. The van der Waals surface area contributed by atoms with Crippen molar-refractivity contribution in [2.45, 2.75) is 4.90 Å². The molecule has 1 heterocycles. The highest BCUT2D eigenvalue weighted by Gasteiger charge is 2.25. The van der Waals surface area contributed by atoms with Gasteiger partial charge in [-0.1, -0.05) is 30.3 Å². The summed E-state index contributed by atoms with van der Waals surface area (Å²) in [6.07, 6.45) is 3.09. The summed E-state index contributed by atoms with van der Waals surface area (Å²) in [5.41, 5.74) is 0.757. The minimum Gasteiger partial charge on any atom is -0.298 e. The summed E-state index contributed by atoms with van der Waals surface area (Å²) < 4.78 is 27.5. The number of hydrogen-bond donors (Lipinski definition) is 1. The Balaban J connectivity index is 1.94. The topological polar surface area (TPSA) is 79.4 Å². The molecule has 0 aliphatic rings. The molecule has 1 aromatic heterocycles. The molecule has 27 heavy (non-hydrogen) atoms. The first-order chi connectivity index (χ1) is 13.0. The zero-order valence-electron chi connectivity index (χ0n) is 14.3. The molecule has 8 heteroatoms. The van der Waals surface area contributed by atoms with Crippen molar-refractivity contribution in [3.63, 3.8) is 0 Å². The Hall–Kier alpha value is -2.97. The van der Waals surface area contributed by atoms with Crippen LogP contribution >= 0.6 is 11.3 Å². The Morgan fingerprint density at radius 2 is 1.96 bits per heavy atom. The number of carbonyl (C=O) groups excluding carboxylic acids is 1. The van der Waals surface area contributed by atoms with E-state index in [1.165, 1.54) is 33.9 Å². The van der Waals surface area contributed by atoms with Gasteiger partial charge in [-0.05, 0) is 30.3 Å². The largest absolute Gasteiger partial charge is 0.298 e. The van der Waals surface area contributed by atoms with Gasteiger partial charge in [0.2, 0.25) is 0 Å². The number of carbonyl (C=O) groups is 1. The maximum Gasteiger partial charge on any atom is 0.264 e. The van der Waals surface area contributed by atoms with Gasteiger partial charge >= 0.3 is 0 Å². The van der Waals surface area contributed by atoms with Crippen LogP contribution in [0.15, 0.2) is 83.7 Å². The number of hydrogen-bond acceptors (Lipinski definition) is 5. The molecule has 2 aromatic carbocycles. The molecule has 0 saturated heterocycles. The molecule has 0 aliphatic heterocycles. The predicted molar refractivity (Wildman–Crippen MR) is 108 cm³/mol. The van der Waals surface area contributed by atoms with Crippen LogP contribution in [0, 0.1) is 0 Å². The fraction of sp³-hybridized carbons (Fsp3) is 0.0526. The maximum atomic E-state index is 13.2. The van der Waals surface area contributed by atoms with Crippen LogP contribution in [0.3, 0.4) is 0 Å². The van der Waals surface area contributed by atoms with E-state index in [-0.39, 0.29) is 17.0 Å². The van der Waals surface area contributed by atoms with Crippen molar-refractivity contribution < 1.29 is 13.2 Å². The van der Waals surface area contributed by atoms with Crippen molar-refractivity contribution in [1.29, 1.82) is 0 Å². The second-order valence-corrected chi connectivity index (χ2v) is 8.24. The number of aromatic nitrogens is 1. The Morgan fingerprint density at radius 1 is 1.19 bits per heavy atom. The monoisotopic (exact) mass is 399 g/mol. The highest BCUT2D eigenvalue weighted by molar-refractivity contribution is 7.92. The number of amides is 1. The highest BCUT2D eigenvalue weighted by Crippen LogP contribution is 2.24. The SMILES string of the molecule is C=CCN(c1ccccc1)S(=O)(=O)c1cccc(C(=O)Nc2nccs2)c1. The number of nitrogens with one attached hydrogen (secondary N) is 1. The lowest BCUT2D eigenvalue weighted by Gasteiger charge is -2.23. The van der Waals surface area contributed by atoms with E-state index < -0.39 is 15.9 Å². The molecule has 6 nitrogen and oxygen atoms in total. The van der Waals surface area contributed by atoms with Crippen molar-refractivity contribution in [2.75, 3.05) is 16.2 Å². The third kappa shape index (κ3) is 4.24. The summed E-state index contributed by atoms with van der Waals surface area (Å²) >= 11 is 1.28. The first-order valence-corrected chi connectivity index (χ1v) is 10.3. The van der Waals surface area contributed by atoms with Crippen LogP contribution < -0.4 is 9.62 Å². The van der Waals surface area contributed by atoms with Crippen molar-refractivity contribution >= 4 is 38.1 Å². The average molecular weight is 399 g/mol. The van der Waals surface area contributed by atoms with Gasteiger partial charge < -0.3 is 0 Å². The first-order valence-electron chi connectivity index (χ1n) is 8.02. The van der Waals surface area contributed by atoms with Gasteiger partial charge in [0.15, 0.2) is 5.13 Å². The fourth-order valence-electron chi connectivity index (χ4n) is 2.43. The van der Waals surface area contributed by atoms with Gasteiger partial charge in [0.1, 0.15) is 0 Å². The van der Waals surface area contributed by atoms with E-state index in [2.05, 4.69) is 16.9 Å². The van der Waals surface area contributed by atoms with Crippen LogP contribution in [0.2, 0.25) is 0 Å². The molecule has 3 rings (SSSR count). The van der Waals surface area contributed by atoms with Gasteiger partial charge in [-0.25, -0.2) is 13.4 Å². The third-order valence-corrected chi connectivity index (χ3v) is 6.15. The highest BCUT2D eigenvalue weighted by atomic mass is 32.2. The molecule has 0 radical (unpaired) electrons. The Morgan fingerprint density at radius 3 is 2.63 bits per heavy atom. The molecule has 0 spiro atoms. The zero-order valence-corrected chi connectivity index (χ0v) is 15.9. The van der Waals surface area contributed by atoms with E-state index in [4.69, 9.17) is 0 Å². The van der Waals surface area contributed by atoms with Crippen molar-refractivity contribution in [3.8, 4) is 0 Å². The number of benzene rings is 2. The van der Waals surface area contributed by atoms with Gasteiger partial charge in [0.25, 0.3) is 15.9 Å². The molecule has 1 N–H and O–H groups in total. The summed E-state index contributed by atoms with van der Waals surface area (Å²) in [6.45, 7) is 3.76. The van der Waals surface area contributed by atoms with E-state index >= 15 is 0 Å². The van der Waals surface area contributed by atoms with Crippen molar-refractivity contribution in [3.05, 3.63) is 84.4 Å². The molecule has 0 unspecified atom stereocenters. The van der Waals surface area contributed by atoms with E-state index in [1.807, 2.05) is 6.07 Å². The number of sulfonamides is 1. The van der Waals surface area contributed by atoms with E-state index in [1.54, 1.807) is 48.0 Å². The third-order valence-electron chi connectivity index (χ3n) is 3.68. The molecule has 0 bridgehead atoms. The Labute approximate surface area is 161 Å². The lowest BCUT2D eigenvalue weighted by molar-refractivity contribution is 0.102. The second kappa shape index (κ2) is 8.15. The number of para-hydroxylation sites is 1. The Kier molecular flexibility index (Phi) is 5.68. The molecule has 1 amide bonds. The predicted octanol–water partition coefficient (Wildman–Crippen LogP) is 3.78. The fourth-order valence-corrected chi connectivity index (χ4v) is 4.44. The first kappa shape index (κ1) is 18.8. The number of nitrogens with zero attached hydrogens (tertiary/aromatic N) is 2. The smallest absolute Gasteiger partial charge is 0.264 e. The average Bonchev–Trinajstić information content (AvgIpc) is 3.19. The Bertz CT molecular complexity index is 1030. The van der Waals surface area contributed by atoms with Gasteiger partial charge in [-0.2, -0.15) is 0 Å². The van der Waals surface area contributed by atoms with Crippen LogP contribution in [0.25, 0.3) is 0 Å². The quantitative estimate of drug-likeness (QED) is 0.613. The maximum absolute atomic E-state index is 13.2. The molecule has 0 atom stereocenters. The van der Waals surface area contributed by atoms with Crippen LogP contribution in [-0.4, -0.2) is 25.9 Å². The summed E-state index contributed by atoms with van der Waals surface area (Å²) in [5.74, 6) is -0.419. The number of anilines is 2. The lowest BCUT2D eigenvalue weighted by Crippen LogP contribution is -2.31. The summed E-state index contributed by atoms with van der Waals surface area (Å²) in [4.78, 5) is 16.4. The molecule has 0 saturated carbocycles. The standard InChI is InChI=1S/C19H17N3O3S2/c1-2-12-22(16-8-4-3-5-9-16)27(24,25)17-10-6-7-15(14-17)18(23)21-19-20-11-13-26-19/h2-11,13-14H,1,12H2,(H,20,21,23). The molecular formula is C19H17N3O3S2. The minimum absolute atomic E-state index is 0.0278. The van der Waals surface area contributed by atoms with Crippen LogP contribution in [0.5, 0.6) is 0 Å². The zero-order chi connectivity index (χ0) is 19.3. The molecule has 0 aliphatic carbocycles. The van der Waals surface area contributed by atoms with E-state index in [0.717, 1.165) is 0 Å². The van der Waals surface area contributed by atoms with Gasteiger partial charge in [0.05, 0.1) is 17.1 Å². The van der Waals surface area contributed by atoms with Crippen molar-refractivity contribution in [1.82, 2.24) is 4.98 Å². The van der Waals surface area contributed by atoms with Crippen LogP contribution in [-0.2, 0) is 10.0 Å². The van der Waals surface area contributed by atoms with Gasteiger partial charge in [-0.3, -0.25) is 14.4 Å². The van der Waals surface area contributed by atoms with Crippen LogP contribution in [0.1, 0.15) is 10.4 Å². The van der Waals surface area contributed by atoms with Crippen molar-refractivity contribution in [2.24, 2.45) is 0 Å². The minimum atomic E-state index is -3.87. The number of thiazole rings is 1.